The summed E-state index contributed by atoms with van der Waals surface area (Å²) in [5.41, 5.74) is 0.565. The summed E-state index contributed by atoms with van der Waals surface area (Å²) < 4.78 is 9.68. The number of hydrogen-bond acceptors (Lipinski definition) is 5. The van der Waals surface area contributed by atoms with E-state index in [2.05, 4.69) is 24.8 Å². The van der Waals surface area contributed by atoms with Crippen molar-refractivity contribution in [3.8, 4) is 0 Å². The second-order valence-corrected chi connectivity index (χ2v) is 5.40. The molecular weight excluding hydrogens is 336 g/mol. The normalized spacial score (nSPS) is 8.77. The average molecular weight is 373 g/mol. The number of hydrogen-bond donors (Lipinski definition) is 1. The van der Waals surface area contributed by atoms with Crippen LogP contribution in [0.15, 0.2) is 24.8 Å². The Morgan fingerprint density at radius 2 is 1.42 bits per heavy atom. The molecule has 0 aromatic carbocycles. The van der Waals surface area contributed by atoms with Gasteiger partial charge < -0.3 is 14.6 Å². The molecule has 6 heteroatoms. The standard InChI is InChI=1S/C11H20O2.C7H12O2.C2H4O2/c1-4-6-7-8-9-13-11(12)10(3)5-2;1-3-5-6-9-7(8)4-2;1-2(3)4/h3-9H2,1-2H3;4H,2-3,5-6H2,1H3;1H3,(H,3,4). The highest BCUT2D eigenvalue weighted by atomic mass is 16.5. The highest BCUT2D eigenvalue weighted by molar-refractivity contribution is 5.87. The molecule has 1 N–H and O–H groups in total. The highest BCUT2D eigenvalue weighted by Crippen LogP contribution is 2.03. The van der Waals surface area contributed by atoms with Crippen molar-refractivity contribution < 1.29 is 29.0 Å². The number of carbonyl (C=O) groups excluding carboxylic acids is 2. The minimum absolute atomic E-state index is 0.237. The Kier molecular flexibility index (Phi) is 25.3. The van der Waals surface area contributed by atoms with Crippen LogP contribution in [0.1, 0.15) is 72.6 Å². The quantitative estimate of drug-likeness (QED) is 0.322. The third kappa shape index (κ3) is 29.8. The van der Waals surface area contributed by atoms with Gasteiger partial charge in [0.15, 0.2) is 0 Å². The predicted octanol–water partition coefficient (Wildman–Crippen LogP) is 4.68. The molecule has 0 spiro atoms. The Morgan fingerprint density at radius 3 is 1.85 bits per heavy atom. The minimum Gasteiger partial charge on any atom is -0.481 e. The van der Waals surface area contributed by atoms with Crippen LogP contribution >= 0.6 is 0 Å². The van der Waals surface area contributed by atoms with Crippen molar-refractivity contribution in [3.05, 3.63) is 24.8 Å². The van der Waals surface area contributed by atoms with E-state index in [9.17, 15) is 9.59 Å². The van der Waals surface area contributed by atoms with E-state index >= 15 is 0 Å². The van der Waals surface area contributed by atoms with Crippen molar-refractivity contribution in [1.82, 2.24) is 0 Å². The summed E-state index contributed by atoms with van der Waals surface area (Å²) in [4.78, 5) is 30.4. The summed E-state index contributed by atoms with van der Waals surface area (Å²) in [7, 11) is 0. The van der Waals surface area contributed by atoms with Gasteiger partial charge in [-0.3, -0.25) is 4.79 Å². The Labute approximate surface area is 158 Å². The Hall–Kier alpha value is -2.11. The Morgan fingerprint density at radius 1 is 0.923 bits per heavy atom. The number of unbranched alkanes of at least 4 members (excludes halogenated alkanes) is 4. The lowest BCUT2D eigenvalue weighted by Crippen LogP contribution is -2.07. The summed E-state index contributed by atoms with van der Waals surface area (Å²) in [6.07, 6.45) is 8.36. The van der Waals surface area contributed by atoms with Gasteiger partial charge in [0, 0.05) is 18.6 Å². The van der Waals surface area contributed by atoms with E-state index in [1.54, 1.807) is 0 Å². The van der Waals surface area contributed by atoms with Crippen molar-refractivity contribution in [2.45, 2.75) is 72.6 Å². The van der Waals surface area contributed by atoms with Crippen LogP contribution in [0.5, 0.6) is 0 Å². The van der Waals surface area contributed by atoms with Crippen LogP contribution in [0, 0.1) is 0 Å². The number of rotatable bonds is 11. The number of esters is 2. The molecule has 0 saturated carbocycles. The SMILES string of the molecule is C=C(CC)C(=O)OCCCCCC.C=CC(=O)OCCCC.CC(=O)O. The van der Waals surface area contributed by atoms with Crippen LogP contribution in [0.25, 0.3) is 0 Å². The third-order valence-electron chi connectivity index (χ3n) is 2.86. The second kappa shape index (κ2) is 22.9. The maximum Gasteiger partial charge on any atom is 0.333 e. The van der Waals surface area contributed by atoms with Gasteiger partial charge in [0.25, 0.3) is 5.97 Å². The van der Waals surface area contributed by atoms with Gasteiger partial charge in [-0.05, 0) is 19.3 Å². The minimum atomic E-state index is -0.833. The molecule has 0 atom stereocenters. The molecule has 152 valence electrons. The molecule has 0 aliphatic carbocycles. The summed E-state index contributed by atoms with van der Waals surface area (Å²) in [6, 6.07) is 0. The van der Waals surface area contributed by atoms with Crippen molar-refractivity contribution in [1.29, 1.82) is 0 Å². The van der Waals surface area contributed by atoms with E-state index < -0.39 is 5.97 Å². The summed E-state index contributed by atoms with van der Waals surface area (Å²) >= 11 is 0. The van der Waals surface area contributed by atoms with E-state index in [1.807, 2.05) is 13.8 Å². The highest BCUT2D eigenvalue weighted by Gasteiger charge is 2.04. The van der Waals surface area contributed by atoms with Crippen LogP contribution in [-0.4, -0.2) is 36.2 Å². The van der Waals surface area contributed by atoms with Crippen molar-refractivity contribution in [2.24, 2.45) is 0 Å². The molecule has 0 aliphatic rings. The fraction of sp³-hybridized carbons (Fsp3) is 0.650. The number of aliphatic carboxylic acids is 1. The van der Waals surface area contributed by atoms with E-state index in [1.165, 1.54) is 18.9 Å². The lowest BCUT2D eigenvalue weighted by molar-refractivity contribution is -0.139. The third-order valence-corrected chi connectivity index (χ3v) is 2.86. The maximum atomic E-state index is 11.1. The molecule has 0 aromatic heterocycles. The van der Waals surface area contributed by atoms with Gasteiger partial charge in [0.1, 0.15) is 0 Å². The number of carboxylic acid groups (broad SMARTS) is 1. The zero-order valence-electron chi connectivity index (χ0n) is 16.8. The zero-order chi connectivity index (χ0) is 20.8. The van der Waals surface area contributed by atoms with Crippen molar-refractivity contribution >= 4 is 17.9 Å². The molecule has 0 unspecified atom stereocenters. The topological polar surface area (TPSA) is 89.9 Å². The van der Waals surface area contributed by atoms with Crippen LogP contribution in [0.2, 0.25) is 0 Å². The smallest absolute Gasteiger partial charge is 0.333 e. The Bertz CT molecular complexity index is 397. The fourth-order valence-electron chi connectivity index (χ4n) is 1.32. The molecule has 0 heterocycles. The predicted molar refractivity (Wildman–Crippen MR) is 104 cm³/mol. The number of ether oxygens (including phenoxy) is 2. The molecule has 0 radical (unpaired) electrons. The molecule has 0 rings (SSSR count). The number of carboxylic acids is 1. The van der Waals surface area contributed by atoms with Gasteiger partial charge in [0.05, 0.1) is 13.2 Å². The first kappa shape index (κ1) is 28.7. The summed E-state index contributed by atoms with van der Waals surface area (Å²) in [6.45, 7) is 15.1. The maximum absolute atomic E-state index is 11.1. The van der Waals surface area contributed by atoms with E-state index in [0.29, 0.717) is 25.2 Å². The van der Waals surface area contributed by atoms with Gasteiger partial charge in [-0.25, -0.2) is 9.59 Å². The molecule has 0 saturated heterocycles. The lowest BCUT2D eigenvalue weighted by atomic mass is 10.2. The first-order chi connectivity index (χ1) is 12.3. The van der Waals surface area contributed by atoms with Crippen LogP contribution in [0.3, 0.4) is 0 Å². The summed E-state index contributed by atoms with van der Waals surface area (Å²) in [5.74, 6) is -1.40. The van der Waals surface area contributed by atoms with Gasteiger partial charge in [-0.2, -0.15) is 0 Å². The van der Waals surface area contributed by atoms with E-state index in [0.717, 1.165) is 32.6 Å². The molecule has 0 fully saturated rings. The summed E-state index contributed by atoms with van der Waals surface area (Å²) in [5, 5.41) is 7.42. The first-order valence-electron chi connectivity index (χ1n) is 9.10. The molecule has 0 aliphatic heterocycles. The average Bonchev–Trinajstić information content (AvgIpc) is 2.60. The molecular formula is C20H36O6. The van der Waals surface area contributed by atoms with Gasteiger partial charge in [-0.1, -0.05) is 59.6 Å². The Balaban J connectivity index is -0.000000352. The van der Waals surface area contributed by atoms with Gasteiger partial charge in [-0.15, -0.1) is 0 Å². The van der Waals surface area contributed by atoms with Crippen molar-refractivity contribution in [3.63, 3.8) is 0 Å². The van der Waals surface area contributed by atoms with E-state index in [4.69, 9.17) is 14.6 Å². The van der Waals surface area contributed by atoms with Gasteiger partial charge in [0.2, 0.25) is 0 Å². The van der Waals surface area contributed by atoms with Crippen LogP contribution < -0.4 is 0 Å². The van der Waals surface area contributed by atoms with Crippen LogP contribution in [-0.2, 0) is 23.9 Å². The number of carbonyl (C=O) groups is 3. The fourth-order valence-corrected chi connectivity index (χ4v) is 1.32. The van der Waals surface area contributed by atoms with Gasteiger partial charge >= 0.3 is 11.9 Å². The molecule has 0 bridgehead atoms. The lowest BCUT2D eigenvalue weighted by Gasteiger charge is -2.04. The van der Waals surface area contributed by atoms with Crippen molar-refractivity contribution in [2.75, 3.05) is 13.2 Å². The molecule has 0 amide bonds. The van der Waals surface area contributed by atoms with Crippen LogP contribution in [0.4, 0.5) is 0 Å². The van der Waals surface area contributed by atoms with E-state index in [-0.39, 0.29) is 11.9 Å². The second-order valence-electron chi connectivity index (χ2n) is 5.40. The first-order valence-corrected chi connectivity index (χ1v) is 9.10. The largest absolute Gasteiger partial charge is 0.481 e. The molecule has 0 aromatic rings. The monoisotopic (exact) mass is 372 g/mol. The molecule has 26 heavy (non-hydrogen) atoms. The zero-order valence-corrected chi connectivity index (χ0v) is 16.8. The molecule has 6 nitrogen and oxygen atoms in total.